The summed E-state index contributed by atoms with van der Waals surface area (Å²) in [7, 11) is 1.59. The number of hydrogen-bond donors (Lipinski definition) is 1. The minimum absolute atomic E-state index is 0.212. The number of carbonyl (C=O) groups is 1. The monoisotopic (exact) mass is 310 g/mol. The molecular weight excluding hydrogens is 292 g/mol. The predicted molar refractivity (Wildman–Crippen MR) is 88.3 cm³/mol. The fourth-order valence-corrected chi connectivity index (χ4v) is 2.31. The summed E-state index contributed by atoms with van der Waals surface area (Å²) < 4.78 is 10.7. The number of methoxy groups -OCH3 is 1. The highest BCUT2D eigenvalue weighted by Crippen LogP contribution is 2.20. The first-order valence-electron chi connectivity index (χ1n) is 7.51. The predicted octanol–water partition coefficient (Wildman–Crippen LogP) is 3.49. The van der Waals surface area contributed by atoms with Crippen molar-refractivity contribution < 1.29 is 14.3 Å². The Morgan fingerprint density at radius 2 is 2.22 bits per heavy atom. The zero-order valence-electron chi connectivity index (χ0n) is 12.9. The molecule has 118 valence electrons. The molecule has 0 bridgehead atoms. The van der Waals surface area contributed by atoms with E-state index in [1.807, 2.05) is 24.3 Å². The Morgan fingerprint density at radius 3 is 2.91 bits per heavy atom. The quantitative estimate of drug-likeness (QED) is 0.939. The van der Waals surface area contributed by atoms with Crippen LogP contribution >= 0.6 is 0 Å². The molecule has 1 aliphatic heterocycles. The van der Waals surface area contributed by atoms with Crippen LogP contribution in [0.5, 0.6) is 5.75 Å². The van der Waals surface area contributed by atoms with E-state index in [1.165, 1.54) is 0 Å². The second-order valence-corrected chi connectivity index (χ2v) is 5.18. The second-order valence-electron chi connectivity index (χ2n) is 5.18. The first-order valence-corrected chi connectivity index (χ1v) is 7.51. The molecule has 5 nitrogen and oxygen atoms in total. The number of pyridine rings is 1. The average molecular weight is 310 g/mol. The van der Waals surface area contributed by atoms with Gasteiger partial charge in [0.05, 0.1) is 19.3 Å². The van der Waals surface area contributed by atoms with Gasteiger partial charge in [-0.15, -0.1) is 0 Å². The van der Waals surface area contributed by atoms with Crippen molar-refractivity contribution in [3.8, 4) is 5.75 Å². The summed E-state index contributed by atoms with van der Waals surface area (Å²) in [6, 6.07) is 10.8. The molecule has 1 aromatic heterocycles. The molecule has 2 heterocycles. The lowest BCUT2D eigenvalue weighted by Crippen LogP contribution is -2.12. The molecule has 5 heteroatoms. The molecular formula is C18H18N2O3. The van der Waals surface area contributed by atoms with E-state index in [0.717, 1.165) is 24.3 Å². The molecule has 0 spiro atoms. The summed E-state index contributed by atoms with van der Waals surface area (Å²) in [6.07, 6.45) is 5.62. The van der Waals surface area contributed by atoms with Gasteiger partial charge in [0, 0.05) is 18.0 Å². The Hall–Kier alpha value is -2.82. The molecule has 1 N–H and O–H groups in total. The third kappa shape index (κ3) is 3.69. The van der Waals surface area contributed by atoms with Gasteiger partial charge in [0.2, 0.25) is 0 Å². The van der Waals surface area contributed by atoms with Gasteiger partial charge in [-0.3, -0.25) is 9.78 Å². The summed E-state index contributed by atoms with van der Waals surface area (Å²) in [6.45, 7) is 0.714. The molecule has 0 unspecified atom stereocenters. The number of nitrogens with zero attached hydrogens (tertiary/aromatic N) is 1. The van der Waals surface area contributed by atoms with Crippen molar-refractivity contribution >= 4 is 17.4 Å². The molecule has 0 atom stereocenters. The number of benzene rings is 1. The molecule has 2 aromatic rings. The topological polar surface area (TPSA) is 60.5 Å². The van der Waals surface area contributed by atoms with Crippen LogP contribution in [0.1, 0.15) is 28.9 Å². The number of ether oxygens (including phenoxy) is 2. The maximum atomic E-state index is 12.3. The fraction of sp³-hybridized carbons (Fsp3) is 0.222. The molecule has 0 saturated carbocycles. The normalized spacial score (nSPS) is 13.7. The van der Waals surface area contributed by atoms with E-state index >= 15 is 0 Å². The maximum Gasteiger partial charge on any atom is 0.257 e. The minimum atomic E-state index is -0.212. The molecule has 23 heavy (non-hydrogen) atoms. The molecule has 3 rings (SSSR count). The van der Waals surface area contributed by atoms with E-state index in [9.17, 15) is 4.79 Å². The zero-order chi connectivity index (χ0) is 16.1. The smallest absolute Gasteiger partial charge is 0.257 e. The van der Waals surface area contributed by atoms with Gasteiger partial charge in [-0.25, -0.2) is 0 Å². The first-order chi connectivity index (χ1) is 11.3. The van der Waals surface area contributed by atoms with Crippen LogP contribution in [0.3, 0.4) is 0 Å². The van der Waals surface area contributed by atoms with E-state index in [2.05, 4.69) is 10.3 Å². The number of hydrogen-bond acceptors (Lipinski definition) is 4. The van der Waals surface area contributed by atoms with Crippen LogP contribution in [0, 0.1) is 0 Å². The van der Waals surface area contributed by atoms with Gasteiger partial charge in [-0.1, -0.05) is 6.07 Å². The van der Waals surface area contributed by atoms with E-state index in [-0.39, 0.29) is 5.91 Å². The summed E-state index contributed by atoms with van der Waals surface area (Å²) in [5.74, 6) is 1.27. The summed E-state index contributed by atoms with van der Waals surface area (Å²) in [4.78, 5) is 16.6. The van der Waals surface area contributed by atoms with Gasteiger partial charge in [0.15, 0.2) is 0 Å². The molecule has 0 aliphatic carbocycles. The lowest BCUT2D eigenvalue weighted by molar-refractivity contribution is 0.102. The maximum absolute atomic E-state index is 12.3. The zero-order valence-corrected chi connectivity index (χ0v) is 12.9. The Balaban J connectivity index is 1.71. The number of carbonyl (C=O) groups excluding carboxylic acids is 1. The number of nitrogens with one attached hydrogen (secondary N) is 1. The summed E-state index contributed by atoms with van der Waals surface area (Å²) in [5.41, 5.74) is 1.92. The van der Waals surface area contributed by atoms with E-state index in [0.29, 0.717) is 23.6 Å². The Bertz CT molecular complexity index is 723. The van der Waals surface area contributed by atoms with Crippen molar-refractivity contribution in [2.75, 3.05) is 19.0 Å². The lowest BCUT2D eigenvalue weighted by Gasteiger charge is -2.14. The third-order valence-corrected chi connectivity index (χ3v) is 3.54. The van der Waals surface area contributed by atoms with Gasteiger partial charge < -0.3 is 14.8 Å². The van der Waals surface area contributed by atoms with Crippen LogP contribution in [0.15, 0.2) is 48.7 Å². The van der Waals surface area contributed by atoms with E-state index in [1.54, 1.807) is 31.5 Å². The van der Waals surface area contributed by atoms with E-state index in [4.69, 9.17) is 9.47 Å². The van der Waals surface area contributed by atoms with Crippen LogP contribution in [0.2, 0.25) is 0 Å². The van der Waals surface area contributed by atoms with Crippen LogP contribution in [-0.4, -0.2) is 24.6 Å². The van der Waals surface area contributed by atoms with Gasteiger partial charge in [-0.05, 0) is 43.2 Å². The highest BCUT2D eigenvalue weighted by molar-refractivity contribution is 6.04. The van der Waals surface area contributed by atoms with Crippen molar-refractivity contribution in [1.29, 1.82) is 0 Å². The molecule has 0 saturated heterocycles. The second kappa shape index (κ2) is 6.96. The van der Waals surface area contributed by atoms with Crippen molar-refractivity contribution in [3.63, 3.8) is 0 Å². The molecule has 0 fully saturated rings. The molecule has 1 aromatic carbocycles. The Morgan fingerprint density at radius 1 is 1.30 bits per heavy atom. The van der Waals surface area contributed by atoms with Crippen LogP contribution < -0.4 is 10.1 Å². The largest absolute Gasteiger partial charge is 0.497 e. The summed E-state index contributed by atoms with van der Waals surface area (Å²) >= 11 is 0. The molecule has 0 radical (unpaired) electrons. The van der Waals surface area contributed by atoms with Crippen LogP contribution in [0.4, 0.5) is 5.69 Å². The highest BCUT2D eigenvalue weighted by Gasteiger charge is 2.11. The number of rotatable bonds is 4. The average Bonchev–Trinajstić information content (AvgIpc) is 2.63. The van der Waals surface area contributed by atoms with Crippen LogP contribution in [-0.2, 0) is 4.74 Å². The van der Waals surface area contributed by atoms with Crippen molar-refractivity contribution in [2.45, 2.75) is 12.8 Å². The van der Waals surface area contributed by atoms with E-state index < -0.39 is 0 Å². The minimum Gasteiger partial charge on any atom is -0.497 e. The van der Waals surface area contributed by atoms with Gasteiger partial charge in [-0.2, -0.15) is 0 Å². The number of anilines is 1. The number of allylic oxidation sites excluding steroid dienone is 1. The standard InChI is InChI=1S/C18H18N2O3/c1-22-15-6-4-5-14(11-15)20-18(21)13-8-9-16(19-12-13)17-7-2-3-10-23-17/h4-9,11-12H,2-3,10H2,1H3,(H,20,21). The first kappa shape index (κ1) is 15.1. The van der Waals surface area contributed by atoms with Gasteiger partial charge in [0.1, 0.15) is 17.2 Å². The Kier molecular flexibility index (Phi) is 4.57. The fourth-order valence-electron chi connectivity index (χ4n) is 2.31. The Labute approximate surface area is 135 Å². The van der Waals surface area contributed by atoms with Gasteiger partial charge >= 0.3 is 0 Å². The van der Waals surface area contributed by atoms with Gasteiger partial charge in [0.25, 0.3) is 5.91 Å². The highest BCUT2D eigenvalue weighted by atomic mass is 16.5. The van der Waals surface area contributed by atoms with Crippen molar-refractivity contribution in [3.05, 3.63) is 59.9 Å². The molecule has 1 amide bonds. The number of aromatic nitrogens is 1. The van der Waals surface area contributed by atoms with Crippen LogP contribution in [0.25, 0.3) is 5.76 Å². The number of amides is 1. The molecule has 1 aliphatic rings. The van der Waals surface area contributed by atoms with Crippen molar-refractivity contribution in [2.24, 2.45) is 0 Å². The lowest BCUT2D eigenvalue weighted by atomic mass is 10.1. The summed E-state index contributed by atoms with van der Waals surface area (Å²) in [5, 5.41) is 2.83. The van der Waals surface area contributed by atoms with Crippen molar-refractivity contribution in [1.82, 2.24) is 4.98 Å². The third-order valence-electron chi connectivity index (χ3n) is 3.54. The SMILES string of the molecule is COc1cccc(NC(=O)c2ccc(C3=CCCCO3)nc2)c1.